The average molecular weight is 283 g/mol. The Morgan fingerprint density at radius 3 is 1.89 bits per heavy atom. The number of rotatable bonds is 1. The topological polar surface area (TPSA) is 12.9 Å². The molecule has 1 saturated carbocycles. The van der Waals surface area contributed by atoms with E-state index >= 15 is 0 Å². The van der Waals surface area contributed by atoms with Gasteiger partial charge in [0, 0.05) is 11.5 Å². The molecule has 1 nitrogen and oxygen atoms in total. The van der Waals surface area contributed by atoms with Gasteiger partial charge in [0.25, 0.3) is 0 Å². The van der Waals surface area contributed by atoms with Crippen molar-refractivity contribution in [3.05, 3.63) is 11.5 Å². The van der Waals surface area contributed by atoms with Crippen molar-refractivity contribution in [1.29, 1.82) is 0 Å². The summed E-state index contributed by atoms with van der Waals surface area (Å²) < 4.78 is 4.47. The van der Waals surface area contributed by atoms with Crippen LogP contribution in [0.4, 0.5) is 0 Å². The molecule has 1 aliphatic carbocycles. The standard InChI is InChI=1S/C15H27NP2/c1-15(14-13-16-18-17-14)11-9-7-5-3-2-4-6-8-10-12-15/h13,18H,2-12H2,1H3. The summed E-state index contributed by atoms with van der Waals surface area (Å²) in [6.07, 6.45) is 18.0. The number of hydrogen-bond donors (Lipinski definition) is 0. The fourth-order valence-corrected chi connectivity index (χ4v) is 5.86. The van der Waals surface area contributed by atoms with Crippen LogP contribution in [0.5, 0.6) is 0 Å². The van der Waals surface area contributed by atoms with Gasteiger partial charge in [-0.15, -0.1) is 0 Å². The van der Waals surface area contributed by atoms with Crippen LogP contribution in [0.1, 0.15) is 82.8 Å². The van der Waals surface area contributed by atoms with Gasteiger partial charge in [-0.1, -0.05) is 64.7 Å². The molecule has 1 unspecified atom stereocenters. The lowest BCUT2D eigenvalue weighted by Crippen LogP contribution is -2.20. The highest BCUT2D eigenvalue weighted by molar-refractivity contribution is 7.89. The lowest BCUT2D eigenvalue weighted by atomic mass is 9.78. The van der Waals surface area contributed by atoms with Crippen molar-refractivity contribution >= 4 is 15.9 Å². The van der Waals surface area contributed by atoms with Gasteiger partial charge in [-0.25, -0.2) is 4.75 Å². The zero-order chi connectivity index (χ0) is 12.7. The van der Waals surface area contributed by atoms with Gasteiger partial charge < -0.3 is 0 Å². The first kappa shape index (κ1) is 14.5. The molecule has 1 aliphatic rings. The van der Waals surface area contributed by atoms with Crippen LogP contribution in [0.2, 0.25) is 0 Å². The van der Waals surface area contributed by atoms with Gasteiger partial charge in [-0.2, -0.15) is 0 Å². The zero-order valence-electron chi connectivity index (χ0n) is 11.7. The van der Waals surface area contributed by atoms with Gasteiger partial charge in [-0.05, 0) is 34.2 Å². The van der Waals surface area contributed by atoms with Crippen molar-refractivity contribution < 1.29 is 0 Å². The molecule has 18 heavy (non-hydrogen) atoms. The summed E-state index contributed by atoms with van der Waals surface area (Å²) in [4.78, 5) is 0. The number of aromatic nitrogens is 1. The van der Waals surface area contributed by atoms with Crippen molar-refractivity contribution in [2.24, 2.45) is 0 Å². The molecule has 1 aromatic rings. The lowest BCUT2D eigenvalue weighted by molar-refractivity contribution is 0.362. The first-order valence-corrected chi connectivity index (χ1v) is 10.4. The van der Waals surface area contributed by atoms with Crippen LogP contribution in [-0.4, -0.2) is 4.75 Å². The van der Waals surface area contributed by atoms with Gasteiger partial charge in [0.05, 0.1) is 0 Å². The van der Waals surface area contributed by atoms with E-state index in [4.69, 9.17) is 0 Å². The van der Waals surface area contributed by atoms with Crippen LogP contribution in [-0.2, 0) is 5.41 Å². The second kappa shape index (κ2) is 7.66. The normalized spacial score (nSPS) is 23.8. The fourth-order valence-electron chi connectivity index (χ4n) is 3.14. The largest absolute Gasteiger partial charge is 0.244 e. The van der Waals surface area contributed by atoms with E-state index in [0.29, 0.717) is 5.41 Å². The zero-order valence-corrected chi connectivity index (χ0v) is 13.6. The Hall–Kier alpha value is 0.140. The third-order valence-corrected chi connectivity index (χ3v) is 7.10. The maximum absolute atomic E-state index is 4.47. The quantitative estimate of drug-likeness (QED) is 0.593. The smallest absolute Gasteiger partial charge is 0.0397 e. The second-order valence-corrected chi connectivity index (χ2v) is 8.53. The first-order valence-electron chi connectivity index (χ1n) is 7.67. The lowest BCUT2D eigenvalue weighted by Gasteiger charge is -2.29. The van der Waals surface area contributed by atoms with E-state index < -0.39 is 0 Å². The van der Waals surface area contributed by atoms with E-state index in [1.54, 1.807) is 5.30 Å². The predicted molar refractivity (Wildman–Crippen MR) is 84.4 cm³/mol. The molecule has 1 atom stereocenters. The van der Waals surface area contributed by atoms with Crippen molar-refractivity contribution in [2.45, 2.75) is 83.0 Å². The molecule has 102 valence electrons. The Bertz CT molecular complexity index is 309. The highest BCUT2D eigenvalue weighted by Gasteiger charge is 2.26. The maximum atomic E-state index is 4.47. The summed E-state index contributed by atoms with van der Waals surface area (Å²) in [6.45, 7) is 2.50. The minimum absolute atomic E-state index is 0.466. The Balaban J connectivity index is 1.96. The summed E-state index contributed by atoms with van der Waals surface area (Å²) in [7, 11) is 2.30. The Morgan fingerprint density at radius 2 is 1.44 bits per heavy atom. The summed E-state index contributed by atoms with van der Waals surface area (Å²) in [6, 6.07) is 0. The molecular formula is C15H27NP2. The van der Waals surface area contributed by atoms with Crippen LogP contribution in [0.3, 0.4) is 0 Å². The van der Waals surface area contributed by atoms with Gasteiger partial charge in [0.2, 0.25) is 0 Å². The molecule has 3 heteroatoms. The molecule has 0 bridgehead atoms. The van der Waals surface area contributed by atoms with E-state index in [2.05, 4.69) is 17.9 Å². The molecule has 0 amide bonds. The molecule has 1 aromatic heterocycles. The summed E-state index contributed by atoms with van der Waals surface area (Å²) in [5, 5.41) is 1.64. The molecule has 2 rings (SSSR count). The van der Waals surface area contributed by atoms with Crippen LogP contribution < -0.4 is 0 Å². The highest BCUT2D eigenvalue weighted by Crippen LogP contribution is 2.42. The van der Waals surface area contributed by atoms with E-state index in [1.807, 2.05) is 0 Å². The third kappa shape index (κ3) is 4.36. The summed E-state index contributed by atoms with van der Waals surface area (Å²) >= 11 is 0. The fraction of sp³-hybridized carbons (Fsp3) is 0.867. The van der Waals surface area contributed by atoms with Crippen molar-refractivity contribution in [3.8, 4) is 0 Å². The number of nitrogens with zero attached hydrogens (tertiary/aromatic N) is 1. The summed E-state index contributed by atoms with van der Waals surface area (Å²) in [5.74, 6) is 0. The molecule has 0 spiro atoms. The first-order chi connectivity index (χ1) is 8.81. The number of hydrogen-bond acceptors (Lipinski definition) is 1. The Labute approximate surface area is 115 Å². The maximum Gasteiger partial charge on any atom is 0.0397 e. The van der Waals surface area contributed by atoms with E-state index in [9.17, 15) is 0 Å². The Kier molecular flexibility index (Phi) is 6.19. The molecular weight excluding hydrogens is 256 g/mol. The minimum Gasteiger partial charge on any atom is -0.244 e. The molecule has 1 heterocycles. The highest BCUT2D eigenvalue weighted by atomic mass is 31.8. The van der Waals surface area contributed by atoms with Gasteiger partial charge >= 0.3 is 0 Å². The van der Waals surface area contributed by atoms with Crippen molar-refractivity contribution in [1.82, 2.24) is 4.75 Å². The molecule has 0 saturated heterocycles. The molecule has 1 fully saturated rings. The van der Waals surface area contributed by atoms with E-state index in [1.165, 1.54) is 78.5 Å². The minimum atomic E-state index is 0.466. The molecule has 0 aliphatic heterocycles. The second-order valence-electron chi connectivity index (χ2n) is 6.10. The van der Waals surface area contributed by atoms with Crippen LogP contribution >= 0.6 is 15.9 Å². The molecule has 0 radical (unpaired) electrons. The van der Waals surface area contributed by atoms with Crippen molar-refractivity contribution in [2.75, 3.05) is 0 Å². The average Bonchev–Trinajstić information content (AvgIpc) is 2.88. The van der Waals surface area contributed by atoms with Gasteiger partial charge in [0.15, 0.2) is 0 Å². The monoisotopic (exact) mass is 283 g/mol. The van der Waals surface area contributed by atoms with Crippen LogP contribution in [0.25, 0.3) is 0 Å². The van der Waals surface area contributed by atoms with E-state index in [0.717, 1.165) is 8.03 Å². The molecule has 0 N–H and O–H groups in total. The van der Waals surface area contributed by atoms with Gasteiger partial charge in [0.1, 0.15) is 0 Å². The van der Waals surface area contributed by atoms with E-state index in [-0.39, 0.29) is 0 Å². The van der Waals surface area contributed by atoms with Crippen LogP contribution in [0.15, 0.2) is 6.20 Å². The predicted octanol–water partition coefficient (Wildman–Crippen LogP) is 6.26. The summed E-state index contributed by atoms with van der Waals surface area (Å²) in [5.41, 5.74) is 0.466. The molecule has 0 aromatic carbocycles. The van der Waals surface area contributed by atoms with Crippen molar-refractivity contribution in [3.63, 3.8) is 0 Å². The SMILES string of the molecule is CC1(c2cn[pH]p2)CCCCCCCCCCC1. The third-order valence-electron chi connectivity index (χ3n) is 4.49. The Morgan fingerprint density at radius 1 is 0.944 bits per heavy atom. The van der Waals surface area contributed by atoms with Crippen LogP contribution in [0, 0.1) is 0 Å². The van der Waals surface area contributed by atoms with Gasteiger partial charge in [-0.3, -0.25) is 0 Å².